The largest absolute Gasteiger partial charge is 0.487 e. The van der Waals surface area contributed by atoms with Crippen LogP contribution in [0.4, 0.5) is 5.69 Å². The highest BCUT2D eigenvalue weighted by Gasteiger charge is 2.16. The van der Waals surface area contributed by atoms with Gasteiger partial charge in [-0.1, -0.05) is 6.07 Å². The molecule has 2 aromatic rings. The minimum Gasteiger partial charge on any atom is -0.487 e. The minimum absolute atomic E-state index is 0.254. The summed E-state index contributed by atoms with van der Waals surface area (Å²) in [6.45, 7) is 0.345. The maximum Gasteiger partial charge on any atom is 0.343 e. The molecule has 1 aromatic heterocycles. The Balaban J connectivity index is 2.21. The van der Waals surface area contributed by atoms with Gasteiger partial charge in [0.25, 0.3) is 0 Å². The number of carbonyl (C=O) groups excluding carboxylic acids is 1. The van der Waals surface area contributed by atoms with Crippen molar-refractivity contribution in [2.24, 2.45) is 0 Å². The number of methoxy groups -OCH3 is 1. The van der Waals surface area contributed by atoms with E-state index in [2.05, 4.69) is 9.72 Å². The summed E-state index contributed by atoms with van der Waals surface area (Å²) in [5.74, 6) is -0.0948. The van der Waals surface area contributed by atoms with Gasteiger partial charge in [-0.25, -0.2) is 4.79 Å². The molecule has 0 unspecified atom stereocenters. The zero-order valence-electron chi connectivity index (χ0n) is 9.75. The molecule has 0 amide bonds. The van der Waals surface area contributed by atoms with Crippen molar-refractivity contribution in [2.45, 2.75) is 6.61 Å². The Bertz CT molecular complexity index is 540. The quantitative estimate of drug-likeness (QED) is 0.676. The van der Waals surface area contributed by atoms with Crippen LogP contribution in [-0.4, -0.2) is 18.1 Å². The van der Waals surface area contributed by atoms with Gasteiger partial charge >= 0.3 is 5.97 Å². The van der Waals surface area contributed by atoms with Crippen molar-refractivity contribution in [1.82, 2.24) is 4.98 Å². The van der Waals surface area contributed by atoms with Crippen LogP contribution in [0.2, 0.25) is 0 Å². The molecule has 0 spiro atoms. The van der Waals surface area contributed by atoms with Crippen molar-refractivity contribution in [3.05, 3.63) is 40.3 Å². The molecule has 18 heavy (non-hydrogen) atoms. The second-order valence-corrected chi connectivity index (χ2v) is 4.44. The van der Waals surface area contributed by atoms with Crippen LogP contribution in [0.3, 0.4) is 0 Å². The van der Waals surface area contributed by atoms with E-state index >= 15 is 0 Å². The first kappa shape index (κ1) is 12.4. The summed E-state index contributed by atoms with van der Waals surface area (Å²) < 4.78 is 10.3. The van der Waals surface area contributed by atoms with Crippen LogP contribution in [0, 0.1) is 0 Å². The number of benzene rings is 1. The summed E-state index contributed by atoms with van der Waals surface area (Å²) in [7, 11) is 1.31. The molecule has 0 atom stereocenters. The number of nitrogens with two attached hydrogens (primary N) is 1. The van der Waals surface area contributed by atoms with E-state index in [-0.39, 0.29) is 5.56 Å². The molecular formula is C12H12N2O3S. The Kier molecular flexibility index (Phi) is 3.78. The lowest BCUT2D eigenvalue weighted by Gasteiger charge is -2.11. The lowest BCUT2D eigenvalue weighted by molar-refractivity contribution is 0.0597. The zero-order valence-corrected chi connectivity index (χ0v) is 10.6. The van der Waals surface area contributed by atoms with Crippen molar-refractivity contribution in [2.75, 3.05) is 12.8 Å². The molecule has 1 heterocycles. The van der Waals surface area contributed by atoms with Gasteiger partial charge in [0, 0.05) is 11.9 Å². The maximum absolute atomic E-state index is 11.6. The number of ether oxygens (including phenoxy) is 2. The third-order valence-electron chi connectivity index (χ3n) is 2.30. The van der Waals surface area contributed by atoms with Gasteiger partial charge in [-0.05, 0) is 12.1 Å². The third kappa shape index (κ3) is 2.60. The number of aromatic nitrogens is 1. The molecule has 0 bridgehead atoms. The number of anilines is 1. The van der Waals surface area contributed by atoms with Crippen LogP contribution >= 0.6 is 11.3 Å². The predicted octanol–water partition coefficient (Wildman–Crippen LogP) is 2.09. The molecule has 0 radical (unpaired) electrons. The number of nitrogen functional groups attached to an aromatic ring is 1. The number of hydrogen-bond donors (Lipinski definition) is 1. The topological polar surface area (TPSA) is 74.4 Å². The summed E-state index contributed by atoms with van der Waals surface area (Å²) in [4.78, 5) is 16.5. The fraction of sp³-hybridized carbons (Fsp3) is 0.167. The van der Waals surface area contributed by atoms with Crippen molar-refractivity contribution < 1.29 is 14.3 Å². The number of thiazole rings is 1. The average molecular weight is 264 g/mol. The van der Waals surface area contributed by atoms with E-state index in [1.165, 1.54) is 18.4 Å². The number of esters is 1. The molecule has 2 rings (SSSR count). The zero-order chi connectivity index (χ0) is 13.0. The molecule has 6 heteroatoms. The van der Waals surface area contributed by atoms with Gasteiger partial charge in [0.05, 0.1) is 17.5 Å². The summed E-state index contributed by atoms with van der Waals surface area (Å²) in [6.07, 6.45) is 1.72. The number of hydrogen-bond acceptors (Lipinski definition) is 6. The first-order valence-electron chi connectivity index (χ1n) is 5.19. The minimum atomic E-state index is -0.507. The highest BCUT2D eigenvalue weighted by Crippen LogP contribution is 2.26. The van der Waals surface area contributed by atoms with Gasteiger partial charge in [-0.15, -0.1) is 11.3 Å². The van der Waals surface area contributed by atoms with E-state index in [0.29, 0.717) is 18.0 Å². The molecule has 1 aromatic carbocycles. The first-order chi connectivity index (χ1) is 8.72. The van der Waals surface area contributed by atoms with Crippen LogP contribution < -0.4 is 10.5 Å². The van der Waals surface area contributed by atoms with Gasteiger partial charge in [0.15, 0.2) is 0 Å². The third-order valence-corrected chi connectivity index (χ3v) is 3.05. The molecule has 2 N–H and O–H groups in total. The second kappa shape index (κ2) is 5.50. The van der Waals surface area contributed by atoms with Crippen LogP contribution in [0.5, 0.6) is 5.75 Å². The van der Waals surface area contributed by atoms with Gasteiger partial charge in [-0.2, -0.15) is 0 Å². The lowest BCUT2D eigenvalue weighted by Crippen LogP contribution is -2.08. The molecule has 5 nitrogen and oxygen atoms in total. The lowest BCUT2D eigenvalue weighted by atomic mass is 10.1. The van der Waals surface area contributed by atoms with E-state index in [1.807, 2.05) is 0 Å². The van der Waals surface area contributed by atoms with Crippen molar-refractivity contribution in [3.63, 3.8) is 0 Å². The van der Waals surface area contributed by atoms with E-state index in [0.717, 1.165) is 4.88 Å². The molecular weight excluding hydrogens is 252 g/mol. The van der Waals surface area contributed by atoms with Crippen molar-refractivity contribution >= 4 is 23.0 Å². The highest BCUT2D eigenvalue weighted by molar-refractivity contribution is 7.09. The Morgan fingerprint density at radius 2 is 2.33 bits per heavy atom. The number of rotatable bonds is 4. The number of carbonyl (C=O) groups is 1. The Hall–Kier alpha value is -2.08. The molecule has 0 saturated heterocycles. The summed E-state index contributed by atoms with van der Waals surface area (Å²) >= 11 is 1.48. The van der Waals surface area contributed by atoms with Crippen LogP contribution in [0.15, 0.2) is 29.9 Å². The van der Waals surface area contributed by atoms with Crippen molar-refractivity contribution in [1.29, 1.82) is 0 Å². The molecule has 94 valence electrons. The van der Waals surface area contributed by atoms with Crippen LogP contribution in [0.25, 0.3) is 0 Å². The molecule has 0 fully saturated rings. The summed E-state index contributed by atoms with van der Waals surface area (Å²) in [6, 6.07) is 5.04. The Morgan fingerprint density at radius 1 is 1.50 bits per heavy atom. The van der Waals surface area contributed by atoms with Crippen molar-refractivity contribution in [3.8, 4) is 5.75 Å². The van der Waals surface area contributed by atoms with Gasteiger partial charge in [-0.3, -0.25) is 4.98 Å². The smallest absolute Gasteiger partial charge is 0.343 e. The molecule has 0 aliphatic carbocycles. The Morgan fingerprint density at radius 3 is 3.00 bits per heavy atom. The van der Waals surface area contributed by atoms with Gasteiger partial charge in [0.1, 0.15) is 17.9 Å². The monoisotopic (exact) mass is 264 g/mol. The van der Waals surface area contributed by atoms with Gasteiger partial charge < -0.3 is 15.2 Å². The SMILES string of the molecule is COC(=O)c1c(N)cccc1OCc1cncs1. The van der Waals surface area contributed by atoms with Gasteiger partial charge in [0.2, 0.25) is 0 Å². The fourth-order valence-corrected chi connectivity index (χ4v) is 1.96. The average Bonchev–Trinajstić information content (AvgIpc) is 2.88. The Labute approximate surface area is 108 Å². The summed E-state index contributed by atoms with van der Waals surface area (Å²) in [5.41, 5.74) is 8.07. The molecule has 0 saturated carbocycles. The van der Waals surface area contributed by atoms with E-state index in [4.69, 9.17) is 10.5 Å². The van der Waals surface area contributed by atoms with Crippen LogP contribution in [0.1, 0.15) is 15.2 Å². The van der Waals surface area contributed by atoms with E-state index in [1.54, 1.807) is 29.9 Å². The van der Waals surface area contributed by atoms with Crippen LogP contribution in [-0.2, 0) is 11.3 Å². The van der Waals surface area contributed by atoms with E-state index < -0.39 is 5.97 Å². The first-order valence-corrected chi connectivity index (χ1v) is 6.07. The molecule has 0 aliphatic heterocycles. The normalized spacial score (nSPS) is 10.1. The fourth-order valence-electron chi connectivity index (χ4n) is 1.45. The molecule has 0 aliphatic rings. The highest BCUT2D eigenvalue weighted by atomic mass is 32.1. The van der Waals surface area contributed by atoms with E-state index in [9.17, 15) is 4.79 Å². The maximum atomic E-state index is 11.6. The standard InChI is InChI=1S/C12H12N2O3S/c1-16-12(15)11-9(13)3-2-4-10(11)17-6-8-5-14-7-18-8/h2-5,7H,6,13H2,1H3. The predicted molar refractivity (Wildman–Crippen MR) is 68.6 cm³/mol. The summed E-state index contributed by atoms with van der Waals surface area (Å²) in [5, 5.41) is 0. The number of nitrogens with zero attached hydrogens (tertiary/aromatic N) is 1. The second-order valence-electron chi connectivity index (χ2n) is 3.47.